The zero-order chi connectivity index (χ0) is 21.1. The van der Waals surface area contributed by atoms with Gasteiger partial charge in [-0.2, -0.15) is 0 Å². The Morgan fingerprint density at radius 1 is 0.833 bits per heavy atom. The summed E-state index contributed by atoms with van der Waals surface area (Å²) in [4.78, 5) is 0. The van der Waals surface area contributed by atoms with Crippen molar-refractivity contribution in [1.29, 1.82) is 0 Å². The number of rotatable bonds is 5. The van der Waals surface area contributed by atoms with E-state index < -0.39 is 0 Å². The van der Waals surface area contributed by atoms with Gasteiger partial charge in [0.15, 0.2) is 0 Å². The average Bonchev–Trinajstić information content (AvgIpc) is 3.00. The lowest BCUT2D eigenvalue weighted by molar-refractivity contribution is 0.657. The molecular formula is C29H29N. The summed E-state index contributed by atoms with van der Waals surface area (Å²) in [5, 5.41) is 3.62. The molecule has 150 valence electrons. The summed E-state index contributed by atoms with van der Waals surface area (Å²) in [6.07, 6.45) is 6.53. The van der Waals surface area contributed by atoms with Gasteiger partial charge in [-0.3, -0.25) is 0 Å². The lowest BCUT2D eigenvalue weighted by atomic mass is 9.81. The fraction of sp³-hybridized carbons (Fsp3) is 0.172. The maximum Gasteiger partial charge on any atom is 0.0632 e. The summed E-state index contributed by atoms with van der Waals surface area (Å²) in [6, 6.07) is 27.9. The molecule has 0 spiro atoms. The third-order valence-electron chi connectivity index (χ3n) is 6.07. The Morgan fingerprint density at radius 3 is 2.13 bits per heavy atom. The molecule has 0 saturated carbocycles. The standard InChI is InChI=1S/C29H29N/c1-5-23(30-24-18-16-22(17-19-24)21-12-8-7-9-13-21)20-28-25(6-2)26-14-10-11-15-27(26)29(28,3)4/h5-20,23,30H,1H2,2-4H3/b25-6-,28-20?. The summed E-state index contributed by atoms with van der Waals surface area (Å²) in [6.45, 7) is 10.8. The number of benzene rings is 3. The van der Waals surface area contributed by atoms with Crippen molar-refractivity contribution in [2.75, 3.05) is 5.32 Å². The Hall–Kier alpha value is -3.32. The van der Waals surface area contributed by atoms with Crippen LogP contribution in [0.25, 0.3) is 16.7 Å². The first-order valence-corrected chi connectivity index (χ1v) is 10.6. The van der Waals surface area contributed by atoms with Gasteiger partial charge in [0.2, 0.25) is 0 Å². The van der Waals surface area contributed by atoms with Crippen LogP contribution in [0.1, 0.15) is 31.9 Å². The lowest BCUT2D eigenvalue weighted by Gasteiger charge is -2.24. The lowest BCUT2D eigenvalue weighted by Crippen LogP contribution is -2.20. The average molecular weight is 392 g/mol. The molecule has 4 rings (SSSR count). The van der Waals surface area contributed by atoms with Gasteiger partial charge in [0, 0.05) is 11.1 Å². The monoisotopic (exact) mass is 391 g/mol. The minimum absolute atomic E-state index is 0.0292. The first-order chi connectivity index (χ1) is 14.5. The highest BCUT2D eigenvalue weighted by molar-refractivity contribution is 5.89. The van der Waals surface area contributed by atoms with Crippen molar-refractivity contribution in [2.24, 2.45) is 0 Å². The molecule has 0 aromatic heterocycles. The highest BCUT2D eigenvalue weighted by atomic mass is 14.9. The summed E-state index contributed by atoms with van der Waals surface area (Å²) < 4.78 is 0. The van der Waals surface area contributed by atoms with Crippen molar-refractivity contribution >= 4 is 11.3 Å². The minimum Gasteiger partial charge on any atom is -0.375 e. The fourth-order valence-corrected chi connectivity index (χ4v) is 4.43. The van der Waals surface area contributed by atoms with E-state index in [1.165, 1.54) is 33.4 Å². The van der Waals surface area contributed by atoms with Crippen LogP contribution >= 0.6 is 0 Å². The van der Waals surface area contributed by atoms with Crippen molar-refractivity contribution in [3.05, 3.63) is 120 Å². The van der Waals surface area contributed by atoms with Gasteiger partial charge in [0.05, 0.1) is 6.04 Å². The van der Waals surface area contributed by atoms with Gasteiger partial charge in [-0.05, 0) is 52.5 Å². The van der Waals surface area contributed by atoms with Gasteiger partial charge in [0.25, 0.3) is 0 Å². The molecule has 1 atom stereocenters. The quantitative estimate of drug-likeness (QED) is 0.441. The van der Waals surface area contributed by atoms with Crippen molar-refractivity contribution < 1.29 is 0 Å². The van der Waals surface area contributed by atoms with Crippen LogP contribution in [0.15, 0.2) is 109 Å². The van der Waals surface area contributed by atoms with E-state index in [4.69, 9.17) is 0 Å². The van der Waals surface area contributed by atoms with E-state index in [2.05, 4.69) is 118 Å². The van der Waals surface area contributed by atoms with E-state index in [1.807, 2.05) is 12.1 Å². The number of anilines is 1. The van der Waals surface area contributed by atoms with Crippen LogP contribution in [-0.2, 0) is 5.41 Å². The first kappa shape index (κ1) is 20.0. The molecule has 30 heavy (non-hydrogen) atoms. The number of allylic oxidation sites excluding steroid dienone is 3. The normalized spacial score (nSPS) is 18.2. The number of fused-ring (bicyclic) bond motifs is 1. The first-order valence-electron chi connectivity index (χ1n) is 10.6. The van der Waals surface area contributed by atoms with E-state index in [9.17, 15) is 0 Å². The van der Waals surface area contributed by atoms with Crippen molar-refractivity contribution in [3.63, 3.8) is 0 Å². The number of hydrogen-bond acceptors (Lipinski definition) is 1. The maximum absolute atomic E-state index is 4.09. The summed E-state index contributed by atoms with van der Waals surface area (Å²) >= 11 is 0. The maximum atomic E-state index is 4.09. The minimum atomic E-state index is -0.0292. The van der Waals surface area contributed by atoms with Gasteiger partial charge in [-0.15, -0.1) is 6.58 Å². The molecule has 0 amide bonds. The van der Waals surface area contributed by atoms with Crippen LogP contribution in [0.2, 0.25) is 0 Å². The van der Waals surface area contributed by atoms with Gasteiger partial charge >= 0.3 is 0 Å². The van der Waals surface area contributed by atoms with E-state index in [0.29, 0.717) is 0 Å². The molecule has 0 bridgehead atoms. The molecule has 1 nitrogen and oxygen atoms in total. The van der Waals surface area contributed by atoms with Crippen LogP contribution in [0.4, 0.5) is 5.69 Å². The van der Waals surface area contributed by atoms with Crippen LogP contribution in [0.5, 0.6) is 0 Å². The number of nitrogens with one attached hydrogen (secondary N) is 1. The third kappa shape index (κ3) is 3.64. The summed E-state index contributed by atoms with van der Waals surface area (Å²) in [5.74, 6) is 0. The molecule has 1 N–H and O–H groups in total. The zero-order valence-corrected chi connectivity index (χ0v) is 18.0. The molecule has 0 heterocycles. The van der Waals surface area contributed by atoms with Crippen LogP contribution in [0, 0.1) is 0 Å². The Labute approximate surface area is 180 Å². The largest absolute Gasteiger partial charge is 0.375 e. The van der Waals surface area contributed by atoms with E-state index in [-0.39, 0.29) is 11.5 Å². The molecular weight excluding hydrogens is 362 g/mol. The van der Waals surface area contributed by atoms with E-state index in [1.54, 1.807) is 0 Å². The molecule has 0 aliphatic heterocycles. The van der Waals surface area contributed by atoms with Crippen molar-refractivity contribution in [1.82, 2.24) is 0 Å². The van der Waals surface area contributed by atoms with Crippen LogP contribution < -0.4 is 5.32 Å². The van der Waals surface area contributed by atoms with Gasteiger partial charge < -0.3 is 5.32 Å². The molecule has 0 fully saturated rings. The molecule has 0 saturated heterocycles. The fourth-order valence-electron chi connectivity index (χ4n) is 4.43. The molecule has 3 aromatic carbocycles. The Balaban J connectivity index is 1.61. The summed E-state index contributed by atoms with van der Waals surface area (Å²) in [5.41, 5.74) is 8.91. The van der Waals surface area contributed by atoms with Crippen LogP contribution in [0.3, 0.4) is 0 Å². The molecule has 1 aliphatic carbocycles. The predicted octanol–water partition coefficient (Wildman–Crippen LogP) is 7.64. The second kappa shape index (κ2) is 8.20. The molecule has 1 heteroatoms. The van der Waals surface area contributed by atoms with Gasteiger partial charge in [-0.1, -0.05) is 98.8 Å². The Bertz CT molecular complexity index is 1100. The number of hydrogen-bond donors (Lipinski definition) is 1. The van der Waals surface area contributed by atoms with Gasteiger partial charge in [-0.25, -0.2) is 0 Å². The van der Waals surface area contributed by atoms with E-state index >= 15 is 0 Å². The molecule has 1 unspecified atom stereocenters. The van der Waals surface area contributed by atoms with Crippen molar-refractivity contribution in [2.45, 2.75) is 32.2 Å². The Kier molecular flexibility index (Phi) is 5.46. The van der Waals surface area contributed by atoms with Crippen LogP contribution in [-0.4, -0.2) is 6.04 Å². The zero-order valence-electron chi connectivity index (χ0n) is 18.0. The highest BCUT2D eigenvalue weighted by Gasteiger charge is 2.37. The topological polar surface area (TPSA) is 12.0 Å². The molecule has 1 aliphatic rings. The Morgan fingerprint density at radius 2 is 1.47 bits per heavy atom. The SMILES string of the molecule is C=CC(C=C1/C(=C\C)c2ccccc2C1(C)C)Nc1ccc(-c2ccccc2)cc1. The predicted molar refractivity (Wildman–Crippen MR) is 131 cm³/mol. The smallest absolute Gasteiger partial charge is 0.0632 e. The highest BCUT2D eigenvalue weighted by Crippen LogP contribution is 2.49. The summed E-state index contributed by atoms with van der Waals surface area (Å²) in [7, 11) is 0. The molecule has 3 aromatic rings. The van der Waals surface area contributed by atoms with E-state index in [0.717, 1.165) is 5.69 Å². The third-order valence-corrected chi connectivity index (χ3v) is 6.07. The second-order valence-electron chi connectivity index (χ2n) is 8.30. The second-order valence-corrected chi connectivity index (χ2v) is 8.30. The van der Waals surface area contributed by atoms with Crippen molar-refractivity contribution in [3.8, 4) is 11.1 Å². The molecule has 0 radical (unpaired) electrons. The van der Waals surface area contributed by atoms with Gasteiger partial charge in [0.1, 0.15) is 0 Å².